The van der Waals surface area contributed by atoms with Crippen molar-refractivity contribution in [2.75, 3.05) is 0 Å². The van der Waals surface area contributed by atoms with Crippen molar-refractivity contribution < 1.29 is 27.8 Å². The first-order chi connectivity index (χ1) is 16.2. The fourth-order valence-corrected chi connectivity index (χ4v) is 3.49. The minimum atomic E-state index is -4.34. The lowest BCUT2D eigenvalue weighted by molar-refractivity contribution is -0.151. The van der Waals surface area contributed by atoms with Crippen molar-refractivity contribution in [3.05, 3.63) is 89.0 Å². The van der Waals surface area contributed by atoms with Crippen LogP contribution in [-0.4, -0.2) is 23.3 Å². The van der Waals surface area contributed by atoms with Gasteiger partial charge in [-0.1, -0.05) is 42.5 Å². The van der Waals surface area contributed by atoms with E-state index in [4.69, 9.17) is 15.6 Å². The monoisotopic (exact) mass is 472 g/mol. The largest absolute Gasteiger partial charge is 0.489 e. The molecule has 0 aromatic heterocycles. The van der Waals surface area contributed by atoms with Gasteiger partial charge in [0.25, 0.3) is 0 Å². The van der Waals surface area contributed by atoms with Gasteiger partial charge in [-0.2, -0.15) is 13.2 Å². The van der Waals surface area contributed by atoms with Gasteiger partial charge in [0.05, 0.1) is 6.42 Å². The van der Waals surface area contributed by atoms with Gasteiger partial charge in [-0.25, -0.2) is 0 Å². The van der Waals surface area contributed by atoms with Crippen LogP contribution in [-0.2, 0) is 30.9 Å². The van der Waals surface area contributed by atoms with Crippen LogP contribution in [0.3, 0.4) is 0 Å². The number of ether oxygens (including phenoxy) is 1. The summed E-state index contributed by atoms with van der Waals surface area (Å²) in [4.78, 5) is 11.1. The number of carboxylic acid groups (broad SMARTS) is 1. The van der Waals surface area contributed by atoms with Gasteiger partial charge in [0.1, 0.15) is 18.4 Å². The van der Waals surface area contributed by atoms with Gasteiger partial charge >= 0.3 is 12.1 Å². The number of nitrogens with one attached hydrogen (secondary N) is 1. The molecule has 0 radical (unpaired) electrons. The summed E-state index contributed by atoms with van der Waals surface area (Å²) in [6, 6.07) is 18.4. The normalized spacial score (nSPS) is 12.4. The summed E-state index contributed by atoms with van der Waals surface area (Å²) in [6.07, 6.45) is -4.51. The number of halogens is 3. The number of nitrogens with two attached hydrogens (primary N) is 1. The number of carbonyl (C=O) groups is 1. The molecule has 3 aromatic carbocycles. The second kappa shape index (κ2) is 11.2. The van der Waals surface area contributed by atoms with E-state index in [0.717, 1.165) is 29.2 Å². The number of carboxylic acids is 1. The van der Waals surface area contributed by atoms with Crippen LogP contribution < -0.4 is 15.8 Å². The van der Waals surface area contributed by atoms with Crippen molar-refractivity contribution in [1.29, 1.82) is 0 Å². The van der Waals surface area contributed by atoms with Crippen LogP contribution in [0.15, 0.2) is 66.7 Å². The van der Waals surface area contributed by atoms with Gasteiger partial charge in [-0.05, 0) is 59.0 Å². The van der Waals surface area contributed by atoms with E-state index in [1.54, 1.807) is 30.3 Å². The van der Waals surface area contributed by atoms with Crippen LogP contribution in [0.5, 0.6) is 5.75 Å². The molecular weight excluding hydrogens is 445 g/mol. The molecule has 34 heavy (non-hydrogen) atoms. The molecule has 0 amide bonds. The Kier molecular flexibility index (Phi) is 8.31. The highest BCUT2D eigenvalue weighted by Crippen LogP contribution is 2.26. The smallest absolute Gasteiger partial charge is 0.403 e. The van der Waals surface area contributed by atoms with Gasteiger partial charge in [0.2, 0.25) is 0 Å². The van der Waals surface area contributed by atoms with Crippen LogP contribution in [0.25, 0.3) is 11.1 Å². The molecule has 0 bridgehead atoms. The van der Waals surface area contributed by atoms with Gasteiger partial charge in [-0.15, -0.1) is 0 Å². The molecule has 0 aliphatic heterocycles. The van der Waals surface area contributed by atoms with Crippen molar-refractivity contribution >= 4 is 5.97 Å². The number of para-hydroxylation sites is 1. The summed E-state index contributed by atoms with van der Waals surface area (Å²) in [5, 5.41) is 11.6. The molecule has 0 heterocycles. The summed E-state index contributed by atoms with van der Waals surface area (Å²) in [6.45, 7) is 1.60. The summed E-state index contributed by atoms with van der Waals surface area (Å²) in [5.74, 6) is -0.518. The number of hydrogen-bond acceptors (Lipinski definition) is 4. The van der Waals surface area contributed by atoms with Crippen molar-refractivity contribution in [2.24, 2.45) is 5.73 Å². The molecule has 4 N–H and O–H groups in total. The van der Waals surface area contributed by atoms with E-state index >= 15 is 0 Å². The molecule has 3 aromatic rings. The molecular formula is C26H27F3N2O3. The molecule has 0 spiro atoms. The van der Waals surface area contributed by atoms with E-state index in [1.807, 2.05) is 36.4 Å². The van der Waals surface area contributed by atoms with E-state index in [1.165, 1.54) is 0 Å². The van der Waals surface area contributed by atoms with Gasteiger partial charge in [0, 0.05) is 18.7 Å². The summed E-state index contributed by atoms with van der Waals surface area (Å²) in [5.41, 5.74) is 10.4. The van der Waals surface area contributed by atoms with E-state index < -0.39 is 18.2 Å². The predicted octanol–water partition coefficient (Wildman–Crippen LogP) is 5.06. The summed E-state index contributed by atoms with van der Waals surface area (Å²) in [7, 11) is 0. The SMILES string of the molecule is CC(NCc1cc(COc2ccccc2CC(=O)O)cc(-c2cccc(CN)c2)c1)C(F)(F)F. The quantitative estimate of drug-likeness (QED) is 0.384. The van der Waals surface area contributed by atoms with Crippen LogP contribution >= 0.6 is 0 Å². The lowest BCUT2D eigenvalue weighted by Gasteiger charge is -2.18. The minimum Gasteiger partial charge on any atom is -0.489 e. The number of aliphatic carboxylic acids is 1. The first-order valence-electron chi connectivity index (χ1n) is 10.8. The van der Waals surface area contributed by atoms with Crippen molar-refractivity contribution in [2.45, 2.75) is 45.3 Å². The minimum absolute atomic E-state index is 0.0215. The number of hydrogen-bond donors (Lipinski definition) is 3. The molecule has 0 saturated heterocycles. The van der Waals surface area contributed by atoms with E-state index in [-0.39, 0.29) is 19.6 Å². The van der Waals surface area contributed by atoms with Crippen LogP contribution in [0.4, 0.5) is 13.2 Å². The van der Waals surface area contributed by atoms with Crippen LogP contribution in [0, 0.1) is 0 Å². The zero-order chi connectivity index (χ0) is 24.7. The van der Waals surface area contributed by atoms with Crippen molar-refractivity contribution in [3.63, 3.8) is 0 Å². The molecule has 8 heteroatoms. The molecule has 1 atom stereocenters. The topological polar surface area (TPSA) is 84.6 Å². The molecule has 0 fully saturated rings. The Hall–Kier alpha value is -3.36. The summed E-state index contributed by atoms with van der Waals surface area (Å²) < 4.78 is 44.8. The lowest BCUT2D eigenvalue weighted by Crippen LogP contribution is -2.39. The van der Waals surface area contributed by atoms with Crippen molar-refractivity contribution in [1.82, 2.24) is 5.32 Å². The highest BCUT2D eigenvalue weighted by molar-refractivity contribution is 5.71. The average molecular weight is 473 g/mol. The maximum atomic E-state index is 13.0. The van der Waals surface area contributed by atoms with E-state index in [2.05, 4.69) is 5.32 Å². The molecule has 0 saturated carbocycles. The van der Waals surface area contributed by atoms with Crippen LogP contribution in [0.2, 0.25) is 0 Å². The molecule has 1 unspecified atom stereocenters. The Bertz CT molecular complexity index is 1130. The molecule has 3 rings (SSSR count). The standard InChI is InChI=1S/C26H27F3N2O3/c1-17(26(27,28)29)31-15-19-9-20(12-23(11-19)21-7-4-5-18(10-21)14-30)16-34-24-8-3-2-6-22(24)13-25(32)33/h2-12,17,31H,13-16,30H2,1H3,(H,32,33). The summed E-state index contributed by atoms with van der Waals surface area (Å²) >= 11 is 0. The molecule has 180 valence electrons. The van der Waals surface area contributed by atoms with Gasteiger partial charge in [0.15, 0.2) is 0 Å². The lowest BCUT2D eigenvalue weighted by atomic mass is 9.98. The maximum absolute atomic E-state index is 13.0. The third kappa shape index (κ3) is 7.07. The highest BCUT2D eigenvalue weighted by Gasteiger charge is 2.35. The zero-order valence-electron chi connectivity index (χ0n) is 18.7. The van der Waals surface area contributed by atoms with Gasteiger partial charge < -0.3 is 20.9 Å². The fourth-order valence-electron chi connectivity index (χ4n) is 3.49. The van der Waals surface area contributed by atoms with Gasteiger partial charge in [-0.3, -0.25) is 4.79 Å². The zero-order valence-corrected chi connectivity index (χ0v) is 18.7. The second-order valence-corrected chi connectivity index (χ2v) is 8.05. The Balaban J connectivity index is 1.89. The third-order valence-electron chi connectivity index (χ3n) is 5.36. The molecule has 0 aliphatic carbocycles. The highest BCUT2D eigenvalue weighted by atomic mass is 19.4. The van der Waals surface area contributed by atoms with Crippen LogP contribution in [0.1, 0.15) is 29.2 Å². The third-order valence-corrected chi connectivity index (χ3v) is 5.36. The Morgan fingerprint density at radius 3 is 2.41 bits per heavy atom. The Morgan fingerprint density at radius 1 is 1.00 bits per heavy atom. The number of rotatable bonds is 10. The number of benzene rings is 3. The van der Waals surface area contributed by atoms with Crippen molar-refractivity contribution in [3.8, 4) is 16.9 Å². The number of alkyl halides is 3. The second-order valence-electron chi connectivity index (χ2n) is 8.05. The Labute approximate surface area is 196 Å². The fraction of sp³-hybridized carbons (Fsp3) is 0.269. The average Bonchev–Trinajstić information content (AvgIpc) is 2.81. The predicted molar refractivity (Wildman–Crippen MR) is 124 cm³/mol. The molecule has 0 aliphatic rings. The maximum Gasteiger partial charge on any atom is 0.403 e. The first-order valence-corrected chi connectivity index (χ1v) is 10.8. The molecule has 5 nitrogen and oxygen atoms in total. The van der Waals surface area contributed by atoms with E-state index in [0.29, 0.717) is 23.4 Å². The first kappa shape index (κ1) is 25.3. The van der Waals surface area contributed by atoms with E-state index in [9.17, 15) is 18.0 Å². The Morgan fingerprint density at radius 2 is 1.71 bits per heavy atom.